The number of hydrogen-bond donors (Lipinski definition) is 1. The topological polar surface area (TPSA) is 64.4 Å². The molecule has 0 radical (unpaired) electrons. The van der Waals surface area contributed by atoms with Gasteiger partial charge in [0.05, 0.1) is 0 Å². The monoisotopic (exact) mass is 210 g/mol. The predicted molar refractivity (Wildman–Crippen MR) is 53.4 cm³/mol. The van der Waals surface area contributed by atoms with Crippen molar-refractivity contribution >= 4 is 11.7 Å². The molecule has 5 nitrogen and oxygen atoms in total. The third kappa shape index (κ3) is 2.56. The van der Waals surface area contributed by atoms with Gasteiger partial charge in [-0.1, -0.05) is 5.16 Å². The van der Waals surface area contributed by atoms with Gasteiger partial charge in [-0.25, -0.2) is 0 Å². The summed E-state index contributed by atoms with van der Waals surface area (Å²) in [6.45, 7) is 3.11. The third-order valence-electron chi connectivity index (χ3n) is 2.47. The van der Waals surface area contributed by atoms with Crippen LogP contribution < -0.4 is 5.32 Å². The number of nitrogens with zero attached hydrogens (tertiary/aromatic N) is 1. The first-order chi connectivity index (χ1) is 7.25. The Balaban J connectivity index is 1.91. The van der Waals surface area contributed by atoms with Crippen molar-refractivity contribution in [3.05, 3.63) is 11.8 Å². The number of aryl methyl sites for hydroxylation is 1. The largest absolute Gasteiger partial charge is 0.381 e. The maximum absolute atomic E-state index is 11.7. The van der Waals surface area contributed by atoms with Gasteiger partial charge in [0.2, 0.25) is 5.91 Å². The fraction of sp³-hybridized carbons (Fsp3) is 0.600. The number of aromatic nitrogens is 1. The lowest BCUT2D eigenvalue weighted by Gasteiger charge is -2.20. The van der Waals surface area contributed by atoms with Gasteiger partial charge in [-0.05, 0) is 19.8 Å². The van der Waals surface area contributed by atoms with Gasteiger partial charge in [-0.3, -0.25) is 4.79 Å². The van der Waals surface area contributed by atoms with E-state index in [-0.39, 0.29) is 11.8 Å². The minimum atomic E-state index is 0.00611. The van der Waals surface area contributed by atoms with Crippen LogP contribution in [0, 0.1) is 12.8 Å². The minimum Gasteiger partial charge on any atom is -0.381 e. The van der Waals surface area contributed by atoms with Crippen LogP contribution in [0.15, 0.2) is 10.6 Å². The van der Waals surface area contributed by atoms with Gasteiger partial charge in [0.25, 0.3) is 0 Å². The van der Waals surface area contributed by atoms with E-state index >= 15 is 0 Å². The SMILES string of the molecule is Cc1cc(NC(=O)C2CCOCC2)no1. The van der Waals surface area contributed by atoms with E-state index in [0.29, 0.717) is 24.8 Å². The smallest absolute Gasteiger partial charge is 0.228 e. The molecule has 1 aliphatic rings. The van der Waals surface area contributed by atoms with E-state index in [4.69, 9.17) is 9.26 Å². The molecule has 0 bridgehead atoms. The molecule has 0 aliphatic carbocycles. The summed E-state index contributed by atoms with van der Waals surface area (Å²) in [7, 11) is 0. The summed E-state index contributed by atoms with van der Waals surface area (Å²) in [5.74, 6) is 1.23. The first kappa shape index (κ1) is 10.2. The second-order valence-electron chi connectivity index (χ2n) is 3.70. The predicted octanol–water partition coefficient (Wildman–Crippen LogP) is 1.35. The molecule has 1 saturated heterocycles. The molecule has 2 rings (SSSR count). The maximum Gasteiger partial charge on any atom is 0.228 e. The molecular formula is C10H14N2O3. The zero-order chi connectivity index (χ0) is 10.7. The zero-order valence-corrected chi connectivity index (χ0v) is 8.66. The number of amides is 1. The second-order valence-corrected chi connectivity index (χ2v) is 3.70. The Morgan fingerprint density at radius 2 is 2.27 bits per heavy atom. The summed E-state index contributed by atoms with van der Waals surface area (Å²) in [4.78, 5) is 11.7. The quantitative estimate of drug-likeness (QED) is 0.800. The Bertz CT molecular complexity index is 342. The molecule has 0 aromatic carbocycles. The van der Waals surface area contributed by atoms with Crippen LogP contribution in [0.2, 0.25) is 0 Å². The fourth-order valence-electron chi connectivity index (χ4n) is 1.61. The highest BCUT2D eigenvalue weighted by Gasteiger charge is 2.22. The molecule has 0 atom stereocenters. The Morgan fingerprint density at radius 1 is 1.53 bits per heavy atom. The molecule has 0 saturated carbocycles. The van der Waals surface area contributed by atoms with Gasteiger partial charge < -0.3 is 14.6 Å². The van der Waals surface area contributed by atoms with Gasteiger partial charge in [0, 0.05) is 25.2 Å². The lowest BCUT2D eigenvalue weighted by atomic mass is 9.99. The van der Waals surface area contributed by atoms with Crippen molar-refractivity contribution in [1.82, 2.24) is 5.16 Å². The molecule has 1 aromatic heterocycles. The zero-order valence-electron chi connectivity index (χ0n) is 8.66. The van der Waals surface area contributed by atoms with Crippen molar-refractivity contribution in [2.24, 2.45) is 5.92 Å². The Kier molecular flexibility index (Phi) is 3.01. The summed E-state index contributed by atoms with van der Waals surface area (Å²) in [5, 5.41) is 6.45. The normalized spacial score (nSPS) is 17.7. The van der Waals surface area contributed by atoms with Gasteiger partial charge >= 0.3 is 0 Å². The van der Waals surface area contributed by atoms with Crippen molar-refractivity contribution in [2.45, 2.75) is 19.8 Å². The van der Waals surface area contributed by atoms with E-state index in [1.807, 2.05) is 0 Å². The molecule has 1 aliphatic heterocycles. The molecule has 15 heavy (non-hydrogen) atoms. The Hall–Kier alpha value is -1.36. The number of rotatable bonds is 2. The first-order valence-electron chi connectivity index (χ1n) is 5.07. The number of nitrogens with one attached hydrogen (secondary N) is 1. The number of ether oxygens (including phenoxy) is 1. The van der Waals surface area contributed by atoms with E-state index in [1.54, 1.807) is 13.0 Å². The highest BCUT2D eigenvalue weighted by molar-refractivity contribution is 5.91. The van der Waals surface area contributed by atoms with Crippen LogP contribution in [-0.4, -0.2) is 24.3 Å². The summed E-state index contributed by atoms with van der Waals surface area (Å²) in [6, 6.07) is 1.71. The summed E-state index contributed by atoms with van der Waals surface area (Å²) in [6.07, 6.45) is 1.56. The Labute approximate surface area is 87.8 Å². The first-order valence-corrected chi connectivity index (χ1v) is 5.07. The van der Waals surface area contributed by atoms with E-state index in [2.05, 4.69) is 10.5 Å². The van der Waals surface area contributed by atoms with Gasteiger partial charge in [-0.2, -0.15) is 0 Å². The van der Waals surface area contributed by atoms with Crippen molar-refractivity contribution in [1.29, 1.82) is 0 Å². The van der Waals surface area contributed by atoms with E-state index in [1.165, 1.54) is 0 Å². The maximum atomic E-state index is 11.7. The fourth-order valence-corrected chi connectivity index (χ4v) is 1.61. The number of anilines is 1. The molecule has 1 amide bonds. The molecule has 1 fully saturated rings. The summed E-state index contributed by atoms with van der Waals surface area (Å²) < 4.78 is 10.1. The van der Waals surface area contributed by atoms with Crippen LogP contribution in [-0.2, 0) is 9.53 Å². The highest BCUT2D eigenvalue weighted by Crippen LogP contribution is 2.17. The van der Waals surface area contributed by atoms with Crippen LogP contribution >= 0.6 is 0 Å². The van der Waals surface area contributed by atoms with Crippen LogP contribution in [0.3, 0.4) is 0 Å². The van der Waals surface area contributed by atoms with Crippen LogP contribution in [0.5, 0.6) is 0 Å². The average molecular weight is 210 g/mol. The molecule has 82 valence electrons. The van der Waals surface area contributed by atoms with E-state index < -0.39 is 0 Å². The molecule has 1 aromatic rings. The minimum absolute atomic E-state index is 0.00611. The lowest BCUT2D eigenvalue weighted by Crippen LogP contribution is -2.28. The standard InChI is InChI=1S/C10H14N2O3/c1-7-6-9(12-15-7)11-10(13)8-2-4-14-5-3-8/h6,8H,2-5H2,1H3,(H,11,12,13). The molecule has 1 N–H and O–H groups in total. The number of carbonyl (C=O) groups excluding carboxylic acids is 1. The molecule has 5 heteroatoms. The number of hydrogen-bond acceptors (Lipinski definition) is 4. The van der Waals surface area contributed by atoms with Crippen LogP contribution in [0.1, 0.15) is 18.6 Å². The van der Waals surface area contributed by atoms with Crippen molar-refractivity contribution in [3.8, 4) is 0 Å². The van der Waals surface area contributed by atoms with Gasteiger partial charge in [0.15, 0.2) is 5.82 Å². The van der Waals surface area contributed by atoms with Crippen molar-refractivity contribution in [2.75, 3.05) is 18.5 Å². The van der Waals surface area contributed by atoms with E-state index in [9.17, 15) is 4.79 Å². The molecule has 0 unspecified atom stereocenters. The van der Waals surface area contributed by atoms with Gasteiger partial charge in [-0.15, -0.1) is 0 Å². The van der Waals surface area contributed by atoms with Crippen LogP contribution in [0.4, 0.5) is 5.82 Å². The lowest BCUT2D eigenvalue weighted by molar-refractivity contribution is -0.122. The Morgan fingerprint density at radius 3 is 2.87 bits per heavy atom. The summed E-state index contributed by atoms with van der Waals surface area (Å²) >= 11 is 0. The van der Waals surface area contributed by atoms with E-state index in [0.717, 1.165) is 12.8 Å². The molecular weight excluding hydrogens is 196 g/mol. The molecule has 2 heterocycles. The van der Waals surface area contributed by atoms with Gasteiger partial charge in [0.1, 0.15) is 5.76 Å². The number of carbonyl (C=O) groups is 1. The van der Waals surface area contributed by atoms with Crippen molar-refractivity contribution in [3.63, 3.8) is 0 Å². The van der Waals surface area contributed by atoms with Crippen molar-refractivity contribution < 1.29 is 14.1 Å². The third-order valence-corrected chi connectivity index (χ3v) is 2.47. The average Bonchev–Trinajstić information content (AvgIpc) is 2.65. The molecule has 0 spiro atoms. The second kappa shape index (κ2) is 4.44. The summed E-state index contributed by atoms with van der Waals surface area (Å²) in [5.41, 5.74) is 0. The van der Waals surface area contributed by atoms with Crippen LogP contribution in [0.25, 0.3) is 0 Å². The highest BCUT2D eigenvalue weighted by atomic mass is 16.5.